The van der Waals surface area contributed by atoms with Gasteiger partial charge in [-0.2, -0.15) is 13.2 Å². The Balaban J connectivity index is 1.37. The van der Waals surface area contributed by atoms with Gasteiger partial charge in [-0.05, 0) is 41.1 Å². The molecular formula is C19H19F3N7O2+. The number of nitrogens with zero attached hydrogens (tertiary/aromatic N) is 5. The van der Waals surface area contributed by atoms with Crippen molar-refractivity contribution in [3.63, 3.8) is 0 Å². The van der Waals surface area contributed by atoms with Crippen LogP contribution in [0.2, 0.25) is 0 Å². The van der Waals surface area contributed by atoms with Gasteiger partial charge >= 0.3 is 18.1 Å². The summed E-state index contributed by atoms with van der Waals surface area (Å²) >= 11 is 0. The monoisotopic (exact) mass is 434 g/mol. The van der Waals surface area contributed by atoms with Crippen LogP contribution >= 0.6 is 0 Å². The Labute approximate surface area is 174 Å². The lowest BCUT2D eigenvalue weighted by atomic mass is 9.82. The fourth-order valence-electron chi connectivity index (χ4n) is 3.65. The third-order valence-corrected chi connectivity index (χ3v) is 5.10. The molecule has 3 heterocycles. The predicted molar refractivity (Wildman–Crippen MR) is 101 cm³/mol. The van der Waals surface area contributed by atoms with Crippen LogP contribution in [0.4, 0.5) is 29.5 Å². The first-order valence-electron chi connectivity index (χ1n) is 9.63. The maximum absolute atomic E-state index is 12.7. The van der Waals surface area contributed by atoms with Crippen molar-refractivity contribution < 1.29 is 27.2 Å². The quantitative estimate of drug-likeness (QED) is 0.606. The third-order valence-electron chi connectivity index (χ3n) is 5.10. The van der Waals surface area contributed by atoms with Gasteiger partial charge in [0.15, 0.2) is 6.04 Å². The molecular weight excluding hydrogens is 415 g/mol. The minimum atomic E-state index is -4.60. The first kappa shape index (κ1) is 20.7. The summed E-state index contributed by atoms with van der Waals surface area (Å²) in [7, 11) is 0. The second-order valence-corrected chi connectivity index (χ2v) is 7.24. The van der Waals surface area contributed by atoms with E-state index in [0.29, 0.717) is 5.92 Å². The van der Waals surface area contributed by atoms with Crippen LogP contribution in [0.5, 0.6) is 0 Å². The number of hydrogen-bond acceptors (Lipinski definition) is 6. The zero-order valence-electron chi connectivity index (χ0n) is 16.2. The first-order valence-corrected chi connectivity index (χ1v) is 9.63. The van der Waals surface area contributed by atoms with Crippen molar-refractivity contribution in [1.29, 1.82) is 0 Å². The molecule has 1 saturated carbocycles. The van der Waals surface area contributed by atoms with Gasteiger partial charge in [0, 0.05) is 37.1 Å². The van der Waals surface area contributed by atoms with Crippen LogP contribution in [0, 0.1) is 0 Å². The summed E-state index contributed by atoms with van der Waals surface area (Å²) in [5.41, 5.74) is -0.0736. The van der Waals surface area contributed by atoms with Crippen LogP contribution in [-0.2, 0) is 6.18 Å². The fourth-order valence-corrected chi connectivity index (χ4v) is 3.65. The zero-order valence-corrected chi connectivity index (χ0v) is 16.2. The number of alkyl halides is 3. The zero-order chi connectivity index (χ0) is 21.8. The van der Waals surface area contributed by atoms with Crippen molar-refractivity contribution in [3.8, 4) is 0 Å². The van der Waals surface area contributed by atoms with Crippen molar-refractivity contribution >= 4 is 17.6 Å². The highest BCUT2D eigenvalue weighted by atomic mass is 19.4. The van der Waals surface area contributed by atoms with E-state index in [1.54, 1.807) is 10.9 Å². The SMILES string of the molecule is O=C(Nc1ccnc(C(F)(F)F)c1)Nc1c[n+]([C@H]2CCC[C@H](c3cncnc3)C2)no1. The van der Waals surface area contributed by atoms with Crippen molar-refractivity contribution in [1.82, 2.24) is 20.2 Å². The lowest BCUT2D eigenvalue weighted by Crippen LogP contribution is -2.42. The molecule has 1 aliphatic rings. The third kappa shape index (κ3) is 5.13. The van der Waals surface area contributed by atoms with E-state index in [0.717, 1.165) is 43.5 Å². The van der Waals surface area contributed by atoms with E-state index in [-0.39, 0.29) is 17.6 Å². The number of hydrogen-bond donors (Lipinski definition) is 2. The molecule has 2 atom stereocenters. The highest BCUT2D eigenvalue weighted by molar-refractivity contribution is 5.98. The molecule has 0 aromatic carbocycles. The Hall–Kier alpha value is -3.57. The number of rotatable bonds is 4. The number of nitrogens with one attached hydrogen (secondary N) is 2. The Morgan fingerprint density at radius 2 is 2.00 bits per heavy atom. The Bertz CT molecular complexity index is 1040. The van der Waals surface area contributed by atoms with Gasteiger partial charge in [-0.25, -0.2) is 14.8 Å². The average molecular weight is 434 g/mol. The van der Waals surface area contributed by atoms with Gasteiger partial charge in [0.25, 0.3) is 6.20 Å². The summed E-state index contributed by atoms with van der Waals surface area (Å²) in [6.07, 6.45) is 6.81. The minimum Gasteiger partial charge on any atom is -0.308 e. The smallest absolute Gasteiger partial charge is 0.308 e. The number of halogens is 3. The summed E-state index contributed by atoms with van der Waals surface area (Å²) in [6.45, 7) is 0. The summed E-state index contributed by atoms with van der Waals surface area (Å²) in [5.74, 6) is 0.381. The highest BCUT2D eigenvalue weighted by Crippen LogP contribution is 2.35. The average Bonchev–Trinajstić information content (AvgIpc) is 3.22. The first-order chi connectivity index (χ1) is 14.9. The number of carbonyl (C=O) groups is 1. The molecule has 3 aromatic rings. The molecule has 0 bridgehead atoms. The normalized spacial score (nSPS) is 19.1. The number of carbonyl (C=O) groups excluding carboxylic acids is 1. The van der Waals surface area contributed by atoms with E-state index in [1.807, 2.05) is 12.4 Å². The molecule has 31 heavy (non-hydrogen) atoms. The molecule has 0 radical (unpaired) electrons. The van der Waals surface area contributed by atoms with E-state index < -0.39 is 17.9 Å². The second kappa shape index (κ2) is 8.66. The van der Waals surface area contributed by atoms with Crippen LogP contribution in [0.25, 0.3) is 0 Å². The van der Waals surface area contributed by atoms with Gasteiger partial charge in [0.1, 0.15) is 12.0 Å². The Morgan fingerprint density at radius 3 is 2.77 bits per heavy atom. The molecule has 162 valence electrons. The van der Waals surface area contributed by atoms with E-state index in [4.69, 9.17) is 4.52 Å². The Kier molecular flexibility index (Phi) is 5.78. The number of pyridine rings is 1. The molecule has 1 fully saturated rings. The van der Waals surface area contributed by atoms with E-state index in [9.17, 15) is 18.0 Å². The van der Waals surface area contributed by atoms with Crippen molar-refractivity contribution in [2.45, 2.75) is 43.8 Å². The van der Waals surface area contributed by atoms with Crippen molar-refractivity contribution in [3.05, 3.63) is 54.5 Å². The van der Waals surface area contributed by atoms with Crippen LogP contribution in [0.15, 0.2) is 47.8 Å². The summed E-state index contributed by atoms with van der Waals surface area (Å²) < 4.78 is 45.1. The molecule has 0 aliphatic heterocycles. The fraction of sp³-hybridized carbons (Fsp3) is 0.368. The lowest BCUT2D eigenvalue weighted by Gasteiger charge is -2.23. The molecule has 2 amide bonds. The van der Waals surface area contributed by atoms with E-state index in [1.165, 1.54) is 12.4 Å². The Morgan fingerprint density at radius 1 is 1.19 bits per heavy atom. The van der Waals surface area contributed by atoms with Gasteiger partial charge in [-0.1, -0.05) is 0 Å². The van der Waals surface area contributed by atoms with Gasteiger partial charge < -0.3 is 5.32 Å². The molecule has 12 heteroatoms. The molecule has 9 nitrogen and oxygen atoms in total. The predicted octanol–water partition coefficient (Wildman–Crippen LogP) is 3.71. The number of amides is 2. The van der Waals surface area contributed by atoms with E-state index >= 15 is 0 Å². The van der Waals surface area contributed by atoms with Gasteiger partial charge in [0.05, 0.1) is 0 Å². The van der Waals surface area contributed by atoms with Crippen LogP contribution in [-0.4, -0.2) is 26.3 Å². The standard InChI is InChI=1S/C19H18F3N7O2/c20-19(21,22)16-7-14(4-5-25-16)26-18(30)27-17-10-29(28-31-17)15-3-1-2-12(6-15)13-8-23-11-24-9-13/h4-5,7-12,15H,1-3,6H2,(H-,25,26,27,28,30)/p+1/t12-,15-/m0/s1. The minimum absolute atomic E-state index is 0.0487. The molecule has 4 rings (SSSR count). The van der Waals surface area contributed by atoms with Crippen LogP contribution < -0.4 is 15.3 Å². The van der Waals surface area contributed by atoms with Gasteiger partial charge in [-0.3, -0.25) is 14.8 Å². The highest BCUT2D eigenvalue weighted by Gasteiger charge is 2.33. The topological polar surface area (TPSA) is 110 Å². The number of aromatic nitrogens is 5. The lowest BCUT2D eigenvalue weighted by molar-refractivity contribution is -0.787. The molecule has 1 aliphatic carbocycles. The second-order valence-electron chi connectivity index (χ2n) is 7.24. The molecule has 2 N–H and O–H groups in total. The largest absolute Gasteiger partial charge is 0.433 e. The number of anilines is 2. The van der Waals surface area contributed by atoms with E-state index in [2.05, 4.69) is 30.9 Å². The summed E-state index contributed by atoms with van der Waals surface area (Å²) in [5, 5.41) is 8.73. The maximum atomic E-state index is 12.7. The molecule has 3 aromatic heterocycles. The number of urea groups is 1. The van der Waals surface area contributed by atoms with Crippen LogP contribution in [0.1, 0.15) is 48.9 Å². The van der Waals surface area contributed by atoms with Crippen molar-refractivity contribution in [2.24, 2.45) is 0 Å². The summed E-state index contributed by atoms with van der Waals surface area (Å²) in [6, 6.07) is 1.32. The van der Waals surface area contributed by atoms with Crippen LogP contribution in [0.3, 0.4) is 0 Å². The molecule has 0 saturated heterocycles. The maximum Gasteiger partial charge on any atom is 0.433 e. The molecule has 0 spiro atoms. The molecule has 0 unspecified atom stereocenters. The van der Waals surface area contributed by atoms with Gasteiger partial charge in [0.2, 0.25) is 5.27 Å². The summed E-state index contributed by atoms with van der Waals surface area (Å²) in [4.78, 5) is 23.5. The van der Waals surface area contributed by atoms with Gasteiger partial charge in [-0.15, -0.1) is 0 Å². The van der Waals surface area contributed by atoms with Crippen molar-refractivity contribution in [2.75, 3.05) is 10.6 Å².